The minimum Gasteiger partial charge on any atom is -0.393 e. The van der Waals surface area contributed by atoms with E-state index in [2.05, 4.69) is 0 Å². The van der Waals surface area contributed by atoms with E-state index in [1.165, 1.54) is 10.8 Å². The van der Waals surface area contributed by atoms with Crippen LogP contribution in [0.2, 0.25) is 0 Å². The van der Waals surface area contributed by atoms with Crippen molar-refractivity contribution in [2.24, 2.45) is 7.05 Å². The number of hydrogen-bond acceptors (Lipinski definition) is 3. The summed E-state index contributed by atoms with van der Waals surface area (Å²) in [6, 6.07) is 0. The summed E-state index contributed by atoms with van der Waals surface area (Å²) in [5.74, 6) is 0. The molecule has 1 heterocycles. The fourth-order valence-electron chi connectivity index (χ4n) is 1.28. The van der Waals surface area contributed by atoms with E-state index in [4.69, 9.17) is 5.73 Å². The summed E-state index contributed by atoms with van der Waals surface area (Å²) in [5, 5.41) is 0. The Labute approximate surface area is 81.8 Å². The fourth-order valence-corrected chi connectivity index (χ4v) is 1.28. The van der Waals surface area contributed by atoms with Gasteiger partial charge in [-0.15, -0.1) is 0 Å². The summed E-state index contributed by atoms with van der Waals surface area (Å²) in [5.41, 5.74) is 4.24. The van der Waals surface area contributed by atoms with Crippen LogP contribution < -0.4 is 17.0 Å². The van der Waals surface area contributed by atoms with E-state index in [1.807, 2.05) is 0 Å². The highest BCUT2D eigenvalue weighted by molar-refractivity contribution is 5.31. The lowest BCUT2D eigenvalue weighted by Gasteiger charge is -2.21. The smallest absolute Gasteiger partial charge is 0.331 e. The number of anilines is 1. The van der Waals surface area contributed by atoms with Crippen LogP contribution in [-0.2, 0) is 12.6 Å². The van der Waals surface area contributed by atoms with Crippen molar-refractivity contribution in [2.75, 3.05) is 5.73 Å². The molecule has 0 saturated heterocycles. The molecule has 0 bridgehead atoms. The van der Waals surface area contributed by atoms with Crippen molar-refractivity contribution in [3.8, 4) is 0 Å². The van der Waals surface area contributed by atoms with Gasteiger partial charge in [0.1, 0.15) is 5.69 Å². The van der Waals surface area contributed by atoms with Gasteiger partial charge in [-0.25, -0.2) is 4.79 Å². The molecule has 1 rings (SSSR count). The van der Waals surface area contributed by atoms with Crippen LogP contribution >= 0.6 is 0 Å². The Morgan fingerprint density at radius 3 is 2.21 bits per heavy atom. The Kier molecular flexibility index (Phi) is 2.27. The minimum atomic E-state index is -0.554. The maximum absolute atomic E-state index is 11.7. The van der Waals surface area contributed by atoms with Crippen LogP contribution in [0, 0.1) is 0 Å². The van der Waals surface area contributed by atoms with E-state index in [9.17, 15) is 9.59 Å². The molecule has 0 aliphatic carbocycles. The molecular formula is C9H15N3O2. The quantitative estimate of drug-likeness (QED) is 0.630. The third kappa shape index (κ3) is 1.57. The Bertz CT molecular complexity index is 428. The van der Waals surface area contributed by atoms with Crippen molar-refractivity contribution < 1.29 is 0 Å². The van der Waals surface area contributed by atoms with E-state index < -0.39 is 11.1 Å². The van der Waals surface area contributed by atoms with Gasteiger partial charge in [-0.05, 0) is 20.8 Å². The molecule has 0 aliphatic heterocycles. The van der Waals surface area contributed by atoms with Gasteiger partial charge in [0.15, 0.2) is 0 Å². The van der Waals surface area contributed by atoms with Gasteiger partial charge in [0.05, 0.1) is 0 Å². The highest BCUT2D eigenvalue weighted by Crippen LogP contribution is 2.07. The molecule has 1 aromatic heterocycles. The molecule has 0 spiro atoms. The average molecular weight is 197 g/mol. The maximum atomic E-state index is 11.7. The summed E-state index contributed by atoms with van der Waals surface area (Å²) in [6.07, 6.45) is 1.34. The first kappa shape index (κ1) is 10.6. The van der Waals surface area contributed by atoms with Crippen LogP contribution in [-0.4, -0.2) is 9.13 Å². The van der Waals surface area contributed by atoms with Crippen molar-refractivity contribution in [1.29, 1.82) is 0 Å². The molecule has 2 N–H and O–H groups in total. The Morgan fingerprint density at radius 1 is 1.29 bits per heavy atom. The minimum absolute atomic E-state index is 0.0852. The monoisotopic (exact) mass is 197 g/mol. The van der Waals surface area contributed by atoms with Crippen LogP contribution in [0.4, 0.5) is 5.69 Å². The number of nitrogens with two attached hydrogens (primary N) is 1. The van der Waals surface area contributed by atoms with Crippen molar-refractivity contribution in [1.82, 2.24) is 9.13 Å². The van der Waals surface area contributed by atoms with Crippen LogP contribution in [0.25, 0.3) is 0 Å². The summed E-state index contributed by atoms with van der Waals surface area (Å²) < 4.78 is 2.46. The lowest BCUT2D eigenvalue weighted by molar-refractivity contribution is 0.359. The lowest BCUT2D eigenvalue weighted by Crippen LogP contribution is -2.47. The van der Waals surface area contributed by atoms with Crippen molar-refractivity contribution >= 4 is 5.69 Å². The zero-order valence-electron chi connectivity index (χ0n) is 8.87. The third-order valence-electron chi connectivity index (χ3n) is 1.95. The first-order valence-electron chi connectivity index (χ1n) is 4.34. The molecule has 0 unspecified atom stereocenters. The molecule has 0 saturated carbocycles. The topological polar surface area (TPSA) is 70.0 Å². The third-order valence-corrected chi connectivity index (χ3v) is 1.95. The fraction of sp³-hybridized carbons (Fsp3) is 0.556. The van der Waals surface area contributed by atoms with Gasteiger partial charge in [0.2, 0.25) is 0 Å². The molecule has 0 radical (unpaired) electrons. The van der Waals surface area contributed by atoms with E-state index >= 15 is 0 Å². The van der Waals surface area contributed by atoms with E-state index in [0.29, 0.717) is 0 Å². The van der Waals surface area contributed by atoms with E-state index in [1.54, 1.807) is 27.8 Å². The number of hydrogen-bond donors (Lipinski definition) is 1. The first-order valence-corrected chi connectivity index (χ1v) is 4.34. The predicted octanol–water partition coefficient (Wildman–Crippen LogP) is -0.116. The normalized spacial score (nSPS) is 11.7. The molecule has 5 heteroatoms. The zero-order valence-corrected chi connectivity index (χ0v) is 8.87. The van der Waals surface area contributed by atoms with Gasteiger partial charge in [0, 0.05) is 18.8 Å². The Balaban J connectivity index is 3.75. The van der Waals surface area contributed by atoms with Crippen LogP contribution in [0.1, 0.15) is 20.8 Å². The second-order valence-corrected chi connectivity index (χ2v) is 4.29. The summed E-state index contributed by atoms with van der Waals surface area (Å²) >= 11 is 0. The summed E-state index contributed by atoms with van der Waals surface area (Å²) in [7, 11) is 1.57. The molecule has 0 aliphatic rings. The van der Waals surface area contributed by atoms with Gasteiger partial charge >= 0.3 is 5.69 Å². The van der Waals surface area contributed by atoms with E-state index in [0.717, 1.165) is 4.57 Å². The zero-order chi connectivity index (χ0) is 11.1. The molecule has 78 valence electrons. The number of aryl methyl sites for hydroxylation is 1. The molecule has 0 atom stereocenters. The second-order valence-electron chi connectivity index (χ2n) is 4.29. The predicted molar refractivity (Wildman–Crippen MR) is 55.4 cm³/mol. The lowest BCUT2D eigenvalue weighted by atomic mass is 10.1. The average Bonchev–Trinajstić information content (AvgIpc) is 1.98. The van der Waals surface area contributed by atoms with Gasteiger partial charge in [-0.3, -0.25) is 9.36 Å². The van der Waals surface area contributed by atoms with Crippen molar-refractivity contribution in [3.63, 3.8) is 0 Å². The second kappa shape index (κ2) is 3.01. The summed E-state index contributed by atoms with van der Waals surface area (Å²) in [4.78, 5) is 23.3. The number of nitrogen functional groups attached to an aromatic ring is 1. The molecule has 1 aromatic rings. The molecule has 14 heavy (non-hydrogen) atoms. The highest BCUT2D eigenvalue weighted by atomic mass is 16.2. The largest absolute Gasteiger partial charge is 0.393 e. The number of aromatic nitrogens is 2. The van der Waals surface area contributed by atoms with Crippen molar-refractivity contribution in [2.45, 2.75) is 26.3 Å². The number of nitrogens with zero attached hydrogens (tertiary/aromatic N) is 2. The summed E-state index contributed by atoms with van der Waals surface area (Å²) in [6.45, 7) is 5.36. The van der Waals surface area contributed by atoms with E-state index in [-0.39, 0.29) is 11.4 Å². The SMILES string of the molecule is Cn1cc(N)c(=O)n(C(C)(C)C)c1=O. The molecule has 0 aromatic carbocycles. The molecule has 0 amide bonds. The van der Waals surface area contributed by atoms with Crippen LogP contribution in [0.3, 0.4) is 0 Å². The van der Waals surface area contributed by atoms with Gasteiger partial charge in [0.25, 0.3) is 5.56 Å². The highest BCUT2D eigenvalue weighted by Gasteiger charge is 2.19. The number of rotatable bonds is 0. The van der Waals surface area contributed by atoms with Gasteiger partial charge in [-0.1, -0.05) is 0 Å². The Morgan fingerprint density at radius 2 is 1.79 bits per heavy atom. The van der Waals surface area contributed by atoms with Crippen LogP contribution in [0.15, 0.2) is 15.8 Å². The first-order chi connectivity index (χ1) is 6.25. The molecule has 5 nitrogen and oxygen atoms in total. The molecular weight excluding hydrogens is 182 g/mol. The maximum Gasteiger partial charge on any atom is 0.331 e. The van der Waals surface area contributed by atoms with Crippen molar-refractivity contribution in [3.05, 3.63) is 27.0 Å². The standard InChI is InChI=1S/C9H15N3O2/c1-9(2,3)12-7(13)6(10)5-11(4)8(12)14/h5H,10H2,1-4H3. The van der Waals surface area contributed by atoms with Crippen LogP contribution in [0.5, 0.6) is 0 Å². The van der Waals surface area contributed by atoms with Gasteiger partial charge in [-0.2, -0.15) is 0 Å². The molecule has 0 fully saturated rings. The Hall–Kier alpha value is -1.52. The van der Waals surface area contributed by atoms with Gasteiger partial charge < -0.3 is 10.3 Å².